The highest BCUT2D eigenvalue weighted by atomic mass is 16.6. The smallest absolute Gasteiger partial charge is 0.310 e. The molecule has 5 aliphatic rings. The number of piperidine rings is 1. The number of hydrogen-bond acceptors (Lipinski definition) is 4. The largest absolute Gasteiger partial charge is 0.462 e. The number of epoxide rings is 1. The predicted octanol–water partition coefficient (Wildman–Crippen LogP) is 3.64. The number of esters is 1. The van der Waals surface area contributed by atoms with E-state index in [0.717, 1.165) is 39.1 Å². The highest BCUT2D eigenvalue weighted by Crippen LogP contribution is 2.62. The number of carbonyl (C=O) groups is 1. The molecule has 26 heavy (non-hydrogen) atoms. The van der Waals surface area contributed by atoms with Crippen LogP contribution in [-0.4, -0.2) is 48.8 Å². The van der Waals surface area contributed by atoms with Gasteiger partial charge < -0.3 is 14.4 Å². The Hall–Kier alpha value is -0.610. The third-order valence-corrected chi connectivity index (χ3v) is 8.51. The topological polar surface area (TPSA) is 42.1 Å². The average Bonchev–Trinajstić information content (AvgIpc) is 3.25. The number of nitrogens with zero attached hydrogens (tertiary/aromatic N) is 1. The van der Waals surface area contributed by atoms with E-state index in [1.807, 2.05) is 0 Å². The molecule has 0 aromatic heterocycles. The highest BCUT2D eigenvalue weighted by Gasteiger charge is 2.65. The van der Waals surface area contributed by atoms with Crippen LogP contribution in [0.5, 0.6) is 0 Å². The Kier molecular flexibility index (Phi) is 3.83. The van der Waals surface area contributed by atoms with Crippen LogP contribution in [0.25, 0.3) is 0 Å². The van der Waals surface area contributed by atoms with E-state index in [1.54, 1.807) is 0 Å². The summed E-state index contributed by atoms with van der Waals surface area (Å²) >= 11 is 0. The van der Waals surface area contributed by atoms with Crippen LogP contribution in [0.4, 0.5) is 0 Å². The second-order valence-corrected chi connectivity index (χ2v) is 11.1. The van der Waals surface area contributed by atoms with E-state index in [-0.39, 0.29) is 23.6 Å². The molecule has 1 spiro atoms. The number of fused-ring (bicyclic) bond motifs is 3. The Morgan fingerprint density at radius 1 is 1.15 bits per heavy atom. The fourth-order valence-electron chi connectivity index (χ4n) is 7.14. The quantitative estimate of drug-likeness (QED) is 0.556. The first-order valence-corrected chi connectivity index (χ1v) is 10.9. The first-order valence-electron chi connectivity index (χ1n) is 10.9. The molecule has 4 nitrogen and oxygen atoms in total. The Balaban J connectivity index is 1.34. The zero-order valence-corrected chi connectivity index (χ0v) is 16.8. The normalized spacial score (nSPS) is 50.2. The molecule has 3 unspecified atom stereocenters. The molecule has 0 amide bonds. The third-order valence-electron chi connectivity index (χ3n) is 8.51. The summed E-state index contributed by atoms with van der Waals surface area (Å²) < 4.78 is 12.0. The maximum absolute atomic E-state index is 12.8. The lowest BCUT2D eigenvalue weighted by Gasteiger charge is -2.51. The first kappa shape index (κ1) is 17.5. The number of carbonyl (C=O) groups excluding carboxylic acids is 1. The zero-order valence-electron chi connectivity index (χ0n) is 16.8. The van der Waals surface area contributed by atoms with Crippen LogP contribution < -0.4 is 0 Å². The molecule has 0 aromatic carbocycles. The lowest BCUT2D eigenvalue weighted by Crippen LogP contribution is -2.51. The molecule has 0 aromatic rings. The van der Waals surface area contributed by atoms with Gasteiger partial charge in [-0.2, -0.15) is 0 Å². The summed E-state index contributed by atoms with van der Waals surface area (Å²) in [6.45, 7) is 11.3. The van der Waals surface area contributed by atoms with Crippen molar-refractivity contribution in [3.05, 3.63) is 0 Å². The van der Waals surface area contributed by atoms with Gasteiger partial charge in [-0.05, 0) is 68.2 Å². The Labute approximate surface area is 158 Å². The van der Waals surface area contributed by atoms with Crippen LogP contribution in [-0.2, 0) is 14.3 Å². The van der Waals surface area contributed by atoms with E-state index in [2.05, 4.69) is 25.7 Å². The van der Waals surface area contributed by atoms with Gasteiger partial charge in [-0.3, -0.25) is 4.79 Å². The molecule has 3 aliphatic heterocycles. The molecule has 4 heteroatoms. The van der Waals surface area contributed by atoms with Crippen LogP contribution in [0.15, 0.2) is 0 Å². The molecule has 3 saturated heterocycles. The van der Waals surface area contributed by atoms with Crippen molar-refractivity contribution in [3.63, 3.8) is 0 Å². The van der Waals surface area contributed by atoms with Crippen molar-refractivity contribution in [2.45, 2.75) is 77.4 Å². The summed E-state index contributed by atoms with van der Waals surface area (Å²) in [6, 6.07) is 0. The van der Waals surface area contributed by atoms with E-state index < -0.39 is 0 Å². The van der Waals surface area contributed by atoms with E-state index in [4.69, 9.17) is 9.47 Å². The number of likely N-dealkylation sites (tertiary alicyclic amines) is 1. The monoisotopic (exact) mass is 361 g/mol. The van der Waals surface area contributed by atoms with Crippen LogP contribution in [0, 0.1) is 28.6 Å². The molecule has 5 rings (SSSR count). The van der Waals surface area contributed by atoms with Gasteiger partial charge in [0.25, 0.3) is 0 Å². The summed E-state index contributed by atoms with van der Waals surface area (Å²) in [7, 11) is 0. The lowest BCUT2D eigenvalue weighted by molar-refractivity contribution is -0.147. The first-order chi connectivity index (χ1) is 12.3. The lowest BCUT2D eigenvalue weighted by atomic mass is 9.53. The molecular formula is C22H35NO3. The fraction of sp³-hybridized carbons (Fsp3) is 0.955. The number of ether oxygens (including phenoxy) is 2. The second kappa shape index (κ2) is 5.70. The fourth-order valence-corrected chi connectivity index (χ4v) is 7.14. The van der Waals surface area contributed by atoms with Crippen molar-refractivity contribution in [2.75, 3.05) is 26.2 Å². The number of hydrogen-bond donors (Lipinski definition) is 0. The molecule has 6 atom stereocenters. The Morgan fingerprint density at radius 2 is 1.96 bits per heavy atom. The Bertz CT molecular complexity index is 598. The molecule has 0 radical (unpaired) electrons. The van der Waals surface area contributed by atoms with E-state index in [0.29, 0.717) is 22.7 Å². The molecule has 0 bridgehead atoms. The molecule has 0 N–H and O–H groups in total. The summed E-state index contributed by atoms with van der Waals surface area (Å²) in [5.41, 5.74) is 0.833. The molecule has 5 fully saturated rings. The maximum atomic E-state index is 12.8. The standard InChI is InChI=1S/C22H35NO3/c1-20(2)6-5-9-23(13-20)12-16-15-10-18-21(3,11-17(15)26-19(16)24)7-4-8-22(18)14-25-22/h15-18H,4-14H2,1-3H3/t15-,16?,17-,18?,21-,22?/m1/s1. The molecule has 2 aliphatic carbocycles. The summed E-state index contributed by atoms with van der Waals surface area (Å²) in [4.78, 5) is 15.3. The average molecular weight is 362 g/mol. The summed E-state index contributed by atoms with van der Waals surface area (Å²) in [6.07, 6.45) is 8.66. The summed E-state index contributed by atoms with van der Waals surface area (Å²) in [5, 5.41) is 0. The molecule has 3 heterocycles. The minimum absolute atomic E-state index is 0.0798. The summed E-state index contributed by atoms with van der Waals surface area (Å²) in [5.74, 6) is 1.19. The van der Waals surface area contributed by atoms with Crippen molar-refractivity contribution in [1.29, 1.82) is 0 Å². The zero-order chi connectivity index (χ0) is 18.2. The van der Waals surface area contributed by atoms with Gasteiger partial charge in [0.1, 0.15) is 6.10 Å². The van der Waals surface area contributed by atoms with Crippen LogP contribution in [0.2, 0.25) is 0 Å². The molecule has 146 valence electrons. The van der Waals surface area contributed by atoms with Crippen LogP contribution >= 0.6 is 0 Å². The minimum atomic E-state index is 0.0798. The molecule has 2 saturated carbocycles. The van der Waals surface area contributed by atoms with Gasteiger partial charge in [-0.25, -0.2) is 0 Å². The Morgan fingerprint density at radius 3 is 2.69 bits per heavy atom. The third kappa shape index (κ3) is 2.74. The van der Waals surface area contributed by atoms with Gasteiger partial charge >= 0.3 is 5.97 Å². The minimum Gasteiger partial charge on any atom is -0.462 e. The highest BCUT2D eigenvalue weighted by molar-refractivity contribution is 5.75. The van der Waals surface area contributed by atoms with Crippen molar-refractivity contribution < 1.29 is 14.3 Å². The van der Waals surface area contributed by atoms with Crippen LogP contribution in [0.3, 0.4) is 0 Å². The maximum Gasteiger partial charge on any atom is 0.310 e. The van der Waals surface area contributed by atoms with Crippen molar-refractivity contribution in [2.24, 2.45) is 28.6 Å². The van der Waals surface area contributed by atoms with E-state index >= 15 is 0 Å². The predicted molar refractivity (Wildman–Crippen MR) is 99.7 cm³/mol. The van der Waals surface area contributed by atoms with Crippen molar-refractivity contribution in [3.8, 4) is 0 Å². The van der Waals surface area contributed by atoms with Gasteiger partial charge in [0.2, 0.25) is 0 Å². The van der Waals surface area contributed by atoms with Gasteiger partial charge in [0.05, 0.1) is 18.1 Å². The number of rotatable bonds is 2. The van der Waals surface area contributed by atoms with Crippen LogP contribution in [0.1, 0.15) is 65.7 Å². The van der Waals surface area contributed by atoms with E-state index in [9.17, 15) is 4.79 Å². The SMILES string of the molecule is CC1(C)CCCN(CC2C(=O)O[C@@H]3C[C@@]4(C)CCCC5(CO5)C4C[C@H]23)C1. The van der Waals surface area contributed by atoms with Crippen molar-refractivity contribution in [1.82, 2.24) is 4.90 Å². The van der Waals surface area contributed by atoms with Gasteiger partial charge in [0.15, 0.2) is 0 Å². The van der Waals surface area contributed by atoms with Gasteiger partial charge in [-0.1, -0.05) is 20.8 Å². The second-order valence-electron chi connectivity index (χ2n) is 11.1. The van der Waals surface area contributed by atoms with Crippen molar-refractivity contribution >= 4 is 5.97 Å². The van der Waals surface area contributed by atoms with E-state index in [1.165, 1.54) is 32.1 Å². The van der Waals surface area contributed by atoms with Gasteiger partial charge in [0, 0.05) is 19.0 Å². The van der Waals surface area contributed by atoms with Gasteiger partial charge in [-0.15, -0.1) is 0 Å². The molecular weight excluding hydrogens is 326 g/mol.